The van der Waals surface area contributed by atoms with Gasteiger partial charge in [-0.15, -0.1) is 13.2 Å². The quantitative estimate of drug-likeness (QED) is 0.941. The van der Waals surface area contributed by atoms with Crippen molar-refractivity contribution in [3.05, 3.63) is 41.7 Å². The fourth-order valence-corrected chi connectivity index (χ4v) is 2.58. The first-order valence-electron chi connectivity index (χ1n) is 7.07. The molecule has 0 saturated heterocycles. The van der Waals surface area contributed by atoms with Crippen LogP contribution in [0.15, 0.2) is 30.6 Å². The lowest BCUT2D eigenvalue weighted by Crippen LogP contribution is -2.31. The highest BCUT2D eigenvalue weighted by atomic mass is 19.4. The van der Waals surface area contributed by atoms with Gasteiger partial charge in [-0.05, 0) is 29.7 Å². The molecule has 8 heteroatoms. The fourth-order valence-electron chi connectivity index (χ4n) is 2.58. The van der Waals surface area contributed by atoms with Crippen molar-refractivity contribution in [1.29, 1.82) is 0 Å². The number of hydrogen-bond donors (Lipinski definition) is 1. The number of hydrogen-bond acceptors (Lipinski definition) is 5. The number of ether oxygens (including phenoxy) is 1. The predicted molar refractivity (Wildman–Crippen MR) is 79.5 cm³/mol. The van der Waals surface area contributed by atoms with Gasteiger partial charge in [0.05, 0.1) is 0 Å². The Morgan fingerprint density at radius 3 is 2.74 bits per heavy atom. The topological polar surface area (TPSA) is 50.3 Å². The molecule has 0 aliphatic carbocycles. The summed E-state index contributed by atoms with van der Waals surface area (Å²) < 4.78 is 41.0. The van der Waals surface area contributed by atoms with Gasteiger partial charge in [-0.2, -0.15) is 0 Å². The predicted octanol–water partition coefficient (Wildman–Crippen LogP) is 2.98. The van der Waals surface area contributed by atoms with E-state index in [1.54, 1.807) is 19.2 Å². The Hall–Kier alpha value is -2.51. The number of halogens is 3. The van der Waals surface area contributed by atoms with E-state index in [4.69, 9.17) is 0 Å². The van der Waals surface area contributed by atoms with Crippen molar-refractivity contribution in [2.24, 2.45) is 0 Å². The van der Waals surface area contributed by atoms with Crippen LogP contribution >= 0.6 is 0 Å². The molecule has 122 valence electrons. The van der Waals surface area contributed by atoms with Crippen LogP contribution in [0.2, 0.25) is 0 Å². The SMILES string of the molecule is CNc1cc(N2CCc3ccc(OC(F)(F)F)cc3C2)ncn1. The molecular weight excluding hydrogens is 309 g/mol. The van der Waals surface area contributed by atoms with E-state index in [1.165, 1.54) is 18.5 Å². The number of nitrogens with zero attached hydrogens (tertiary/aromatic N) is 3. The van der Waals surface area contributed by atoms with Crippen LogP contribution in [0.25, 0.3) is 0 Å². The highest BCUT2D eigenvalue weighted by Crippen LogP contribution is 2.29. The molecule has 2 aromatic rings. The smallest absolute Gasteiger partial charge is 0.406 e. The van der Waals surface area contributed by atoms with Crippen LogP contribution in [-0.4, -0.2) is 29.9 Å². The van der Waals surface area contributed by atoms with Crippen molar-refractivity contribution in [2.75, 3.05) is 23.8 Å². The van der Waals surface area contributed by atoms with Crippen LogP contribution in [0.4, 0.5) is 24.8 Å². The minimum absolute atomic E-state index is 0.197. The molecule has 1 N–H and O–H groups in total. The largest absolute Gasteiger partial charge is 0.573 e. The highest BCUT2D eigenvalue weighted by Gasteiger charge is 2.31. The molecule has 2 heterocycles. The standard InChI is InChI=1S/C15H15F3N4O/c1-19-13-7-14(21-9-20-13)22-5-4-10-2-3-12(6-11(10)8-22)23-15(16,17)18/h2-3,6-7,9H,4-5,8H2,1H3,(H,19,20,21). The van der Waals surface area contributed by atoms with Gasteiger partial charge in [0.25, 0.3) is 0 Å². The maximum absolute atomic E-state index is 12.3. The second-order valence-electron chi connectivity index (χ2n) is 5.16. The van der Waals surface area contributed by atoms with Crippen LogP contribution in [0, 0.1) is 0 Å². The highest BCUT2D eigenvalue weighted by molar-refractivity contribution is 5.51. The first-order chi connectivity index (χ1) is 10.9. The first kappa shape index (κ1) is 15.4. The fraction of sp³-hybridized carbons (Fsp3) is 0.333. The monoisotopic (exact) mass is 324 g/mol. The van der Waals surface area contributed by atoms with Crippen LogP contribution < -0.4 is 15.0 Å². The summed E-state index contributed by atoms with van der Waals surface area (Å²) in [7, 11) is 1.76. The van der Waals surface area contributed by atoms with E-state index in [0.717, 1.165) is 29.9 Å². The molecule has 1 aromatic heterocycles. The Balaban J connectivity index is 1.82. The maximum Gasteiger partial charge on any atom is 0.573 e. The van der Waals surface area contributed by atoms with Gasteiger partial charge in [-0.25, -0.2) is 9.97 Å². The van der Waals surface area contributed by atoms with Gasteiger partial charge in [-0.3, -0.25) is 0 Å². The molecule has 0 atom stereocenters. The molecule has 0 bridgehead atoms. The molecule has 3 rings (SSSR count). The molecule has 0 saturated carbocycles. The molecule has 0 spiro atoms. The van der Waals surface area contributed by atoms with Gasteiger partial charge in [0.2, 0.25) is 0 Å². The molecular formula is C15H15F3N4O. The van der Waals surface area contributed by atoms with Gasteiger partial charge in [0, 0.05) is 26.2 Å². The average molecular weight is 324 g/mol. The minimum Gasteiger partial charge on any atom is -0.406 e. The summed E-state index contributed by atoms with van der Waals surface area (Å²) in [5, 5.41) is 2.94. The van der Waals surface area contributed by atoms with Crippen molar-refractivity contribution in [1.82, 2.24) is 9.97 Å². The Labute approximate surface area is 131 Å². The number of alkyl halides is 3. The zero-order valence-corrected chi connectivity index (χ0v) is 12.4. The number of fused-ring (bicyclic) bond motifs is 1. The second kappa shape index (κ2) is 5.94. The number of nitrogens with one attached hydrogen (secondary N) is 1. The van der Waals surface area contributed by atoms with Crippen LogP contribution in [-0.2, 0) is 13.0 Å². The lowest BCUT2D eigenvalue weighted by molar-refractivity contribution is -0.274. The second-order valence-corrected chi connectivity index (χ2v) is 5.16. The summed E-state index contributed by atoms with van der Waals surface area (Å²) >= 11 is 0. The third-order valence-corrected chi connectivity index (χ3v) is 3.66. The van der Waals surface area contributed by atoms with Gasteiger partial charge in [0.1, 0.15) is 23.7 Å². The summed E-state index contributed by atoms with van der Waals surface area (Å²) in [4.78, 5) is 10.3. The van der Waals surface area contributed by atoms with E-state index in [1.807, 2.05) is 4.90 Å². The maximum atomic E-state index is 12.3. The molecule has 1 aliphatic heterocycles. The van der Waals surface area contributed by atoms with E-state index in [2.05, 4.69) is 20.0 Å². The molecule has 5 nitrogen and oxygen atoms in total. The summed E-state index contributed by atoms with van der Waals surface area (Å²) in [5.74, 6) is 1.23. The van der Waals surface area contributed by atoms with Crippen molar-refractivity contribution in [2.45, 2.75) is 19.3 Å². The average Bonchev–Trinajstić information content (AvgIpc) is 2.52. The Kier molecular flexibility index (Phi) is 3.97. The Morgan fingerprint density at radius 1 is 1.17 bits per heavy atom. The van der Waals surface area contributed by atoms with Gasteiger partial charge >= 0.3 is 6.36 Å². The van der Waals surface area contributed by atoms with Crippen molar-refractivity contribution < 1.29 is 17.9 Å². The summed E-state index contributed by atoms with van der Waals surface area (Å²) in [6.45, 7) is 1.22. The number of anilines is 2. The number of benzene rings is 1. The van der Waals surface area contributed by atoms with E-state index in [0.29, 0.717) is 12.4 Å². The summed E-state index contributed by atoms with van der Waals surface area (Å²) in [6, 6.07) is 6.29. The van der Waals surface area contributed by atoms with E-state index < -0.39 is 6.36 Å². The molecule has 0 radical (unpaired) electrons. The van der Waals surface area contributed by atoms with E-state index in [-0.39, 0.29) is 5.75 Å². The number of aromatic nitrogens is 2. The van der Waals surface area contributed by atoms with Crippen LogP contribution in [0.1, 0.15) is 11.1 Å². The van der Waals surface area contributed by atoms with Gasteiger partial charge < -0.3 is 15.0 Å². The minimum atomic E-state index is -4.68. The number of rotatable bonds is 3. The molecule has 1 aliphatic rings. The normalized spacial score (nSPS) is 14.3. The molecule has 0 amide bonds. The molecule has 0 unspecified atom stereocenters. The molecule has 1 aromatic carbocycles. The van der Waals surface area contributed by atoms with Gasteiger partial charge in [-0.1, -0.05) is 6.07 Å². The third-order valence-electron chi connectivity index (χ3n) is 3.66. The van der Waals surface area contributed by atoms with Crippen LogP contribution in [0.5, 0.6) is 5.75 Å². The third kappa shape index (κ3) is 3.64. The zero-order chi connectivity index (χ0) is 16.4. The van der Waals surface area contributed by atoms with E-state index in [9.17, 15) is 13.2 Å². The van der Waals surface area contributed by atoms with Crippen molar-refractivity contribution in [3.8, 4) is 5.75 Å². The van der Waals surface area contributed by atoms with Crippen LogP contribution in [0.3, 0.4) is 0 Å². The first-order valence-corrected chi connectivity index (χ1v) is 7.07. The van der Waals surface area contributed by atoms with Crippen molar-refractivity contribution >= 4 is 11.6 Å². The summed E-state index contributed by atoms with van der Waals surface area (Å²) in [5.41, 5.74) is 1.83. The lowest BCUT2D eigenvalue weighted by atomic mass is 9.99. The van der Waals surface area contributed by atoms with Gasteiger partial charge in [0.15, 0.2) is 0 Å². The molecule has 0 fully saturated rings. The van der Waals surface area contributed by atoms with Crippen molar-refractivity contribution in [3.63, 3.8) is 0 Å². The summed E-state index contributed by atoms with van der Waals surface area (Å²) in [6.07, 6.45) is -2.49. The lowest BCUT2D eigenvalue weighted by Gasteiger charge is -2.30. The Bertz CT molecular complexity index is 705. The Morgan fingerprint density at radius 2 is 2.00 bits per heavy atom. The van der Waals surface area contributed by atoms with E-state index >= 15 is 0 Å². The zero-order valence-electron chi connectivity index (χ0n) is 12.4. The molecule has 23 heavy (non-hydrogen) atoms.